The van der Waals surface area contributed by atoms with E-state index in [1.807, 2.05) is 0 Å². The number of hydrogen-bond acceptors (Lipinski definition) is 0. The second kappa shape index (κ2) is 8.58. The molecule has 0 aliphatic heterocycles. The van der Waals surface area contributed by atoms with Crippen LogP contribution in [0.25, 0.3) is 0 Å². The fraction of sp³-hybridized carbons (Fsp3) is 0.857. The molecule has 0 unspecified atom stereocenters. The molecule has 0 aliphatic rings. The molecule has 0 heterocycles. The topological polar surface area (TPSA) is 0 Å². The van der Waals surface area contributed by atoms with Crippen molar-refractivity contribution in [3.8, 4) is 0 Å². The predicted octanol–water partition coefficient (Wildman–Crippen LogP) is 3.23. The van der Waals surface area contributed by atoms with Gasteiger partial charge < -0.3 is 0 Å². The molecule has 0 rings (SSSR count). The predicted molar refractivity (Wildman–Crippen MR) is 44.2 cm³/mol. The van der Waals surface area contributed by atoms with Crippen LogP contribution in [0.2, 0.25) is 0 Å². The van der Waals surface area contributed by atoms with E-state index in [2.05, 4.69) is 6.42 Å². The van der Waals surface area contributed by atoms with Crippen LogP contribution in [0.5, 0.6) is 0 Å². The van der Waals surface area contributed by atoms with Crippen LogP contribution in [0.3, 0.4) is 0 Å². The highest BCUT2D eigenvalue weighted by Gasteiger charge is 1.87. The van der Waals surface area contributed by atoms with Crippen molar-refractivity contribution in [2.75, 3.05) is 11.8 Å². The average molecular weight is 168 g/mol. The van der Waals surface area contributed by atoms with E-state index < -0.39 is 0 Å². The van der Waals surface area contributed by atoms with Gasteiger partial charge in [-0.2, -0.15) is 0 Å². The minimum Gasteiger partial charge on any atom is -0.127 e. The summed E-state index contributed by atoms with van der Waals surface area (Å²) in [4.78, 5) is 0. The van der Waals surface area contributed by atoms with E-state index in [0.29, 0.717) is 0 Å². The molecule has 0 saturated heterocycles. The molecule has 0 amide bonds. The summed E-state index contributed by atoms with van der Waals surface area (Å²) in [5, 5.41) is 0. The third-order valence-corrected chi connectivity index (χ3v) is 1.59. The molecule has 0 aromatic carbocycles. The van der Waals surface area contributed by atoms with Crippen molar-refractivity contribution in [1.82, 2.24) is 0 Å². The number of hydrogen-bond donors (Lipinski definition) is 0. The maximum atomic E-state index is 5.47. The molecule has 0 aromatic rings. The smallest absolute Gasteiger partial charge is 0.0226 e. The van der Waals surface area contributed by atoms with Crippen molar-refractivity contribution in [1.29, 1.82) is 0 Å². The zero-order valence-electron chi connectivity index (χ0n) is 5.58. The van der Waals surface area contributed by atoms with E-state index >= 15 is 0 Å². The summed E-state index contributed by atoms with van der Waals surface area (Å²) in [7, 11) is 0. The van der Waals surface area contributed by atoms with Gasteiger partial charge >= 0.3 is 0 Å². The Morgan fingerprint density at radius 2 is 1.67 bits per heavy atom. The molecule has 0 nitrogen and oxygen atoms in total. The molecular weight excluding hydrogens is 155 g/mol. The molecular formula is C7H13Cl2. The summed E-state index contributed by atoms with van der Waals surface area (Å²) in [5.74, 6) is 1.54. The van der Waals surface area contributed by atoms with Gasteiger partial charge in [-0.05, 0) is 19.3 Å². The Balaban J connectivity index is 2.60. The van der Waals surface area contributed by atoms with Crippen molar-refractivity contribution >= 4 is 23.2 Å². The third-order valence-electron chi connectivity index (χ3n) is 1.11. The van der Waals surface area contributed by atoms with E-state index in [1.165, 1.54) is 12.8 Å². The highest BCUT2D eigenvalue weighted by molar-refractivity contribution is 6.18. The second-order valence-corrected chi connectivity index (χ2v) is 2.71. The molecule has 0 atom stereocenters. The summed E-state index contributed by atoms with van der Waals surface area (Å²) >= 11 is 10.9. The van der Waals surface area contributed by atoms with Gasteiger partial charge in [0.1, 0.15) is 0 Å². The van der Waals surface area contributed by atoms with Gasteiger partial charge in [0.15, 0.2) is 0 Å². The first-order valence-electron chi connectivity index (χ1n) is 3.35. The van der Waals surface area contributed by atoms with Gasteiger partial charge in [-0.15, -0.1) is 23.2 Å². The summed E-state index contributed by atoms with van der Waals surface area (Å²) in [6.07, 6.45) is 6.75. The third kappa shape index (κ3) is 8.58. The van der Waals surface area contributed by atoms with Crippen LogP contribution in [0.4, 0.5) is 0 Å². The number of rotatable bonds is 6. The highest BCUT2D eigenvalue weighted by atomic mass is 35.5. The molecule has 0 bridgehead atoms. The maximum Gasteiger partial charge on any atom is 0.0226 e. The largest absolute Gasteiger partial charge is 0.127 e. The van der Waals surface area contributed by atoms with Crippen LogP contribution in [0.15, 0.2) is 0 Å². The molecule has 9 heavy (non-hydrogen) atoms. The molecule has 0 saturated carbocycles. The number of halogens is 2. The number of unbranched alkanes of at least 4 members (excludes halogenated alkanes) is 4. The van der Waals surface area contributed by atoms with Gasteiger partial charge in [0, 0.05) is 11.8 Å². The SMILES string of the molecule is ClCC[CH]CCCCCl. The lowest BCUT2D eigenvalue weighted by atomic mass is 10.2. The van der Waals surface area contributed by atoms with Crippen molar-refractivity contribution in [2.45, 2.75) is 25.7 Å². The van der Waals surface area contributed by atoms with Crippen molar-refractivity contribution in [2.24, 2.45) is 0 Å². The zero-order chi connectivity index (χ0) is 6.95. The highest BCUT2D eigenvalue weighted by Crippen LogP contribution is 2.02. The monoisotopic (exact) mass is 167 g/mol. The Bertz CT molecular complexity index is 40.2. The fourth-order valence-corrected chi connectivity index (χ4v) is 0.948. The zero-order valence-corrected chi connectivity index (χ0v) is 7.09. The second-order valence-electron chi connectivity index (χ2n) is 1.95. The molecule has 0 spiro atoms. The minimum absolute atomic E-state index is 0.751. The normalized spacial score (nSPS) is 10.0. The molecule has 2 heteroatoms. The lowest BCUT2D eigenvalue weighted by Crippen LogP contribution is -1.81. The summed E-state index contributed by atoms with van der Waals surface area (Å²) in [6.45, 7) is 0. The Morgan fingerprint density at radius 3 is 2.22 bits per heavy atom. The van der Waals surface area contributed by atoms with Gasteiger partial charge in [-0.3, -0.25) is 0 Å². The Morgan fingerprint density at radius 1 is 0.889 bits per heavy atom. The molecule has 0 fully saturated rings. The van der Waals surface area contributed by atoms with E-state index in [-0.39, 0.29) is 0 Å². The molecule has 0 aromatic heterocycles. The van der Waals surface area contributed by atoms with Crippen LogP contribution >= 0.6 is 23.2 Å². The number of alkyl halides is 2. The van der Waals surface area contributed by atoms with Gasteiger partial charge in [-0.25, -0.2) is 0 Å². The van der Waals surface area contributed by atoms with E-state index in [0.717, 1.165) is 24.6 Å². The van der Waals surface area contributed by atoms with Gasteiger partial charge in [0.05, 0.1) is 0 Å². The Kier molecular flexibility index (Phi) is 9.13. The fourth-order valence-electron chi connectivity index (χ4n) is 0.605. The van der Waals surface area contributed by atoms with E-state index in [4.69, 9.17) is 23.2 Å². The van der Waals surface area contributed by atoms with Crippen LogP contribution < -0.4 is 0 Å². The van der Waals surface area contributed by atoms with Crippen molar-refractivity contribution < 1.29 is 0 Å². The molecule has 1 radical (unpaired) electrons. The minimum atomic E-state index is 0.751. The molecule has 0 N–H and O–H groups in total. The quantitative estimate of drug-likeness (QED) is 0.422. The van der Waals surface area contributed by atoms with Crippen LogP contribution in [-0.2, 0) is 0 Å². The first kappa shape index (κ1) is 9.58. The molecule has 55 valence electrons. The van der Waals surface area contributed by atoms with Crippen molar-refractivity contribution in [3.05, 3.63) is 6.42 Å². The van der Waals surface area contributed by atoms with Gasteiger partial charge in [0.25, 0.3) is 0 Å². The van der Waals surface area contributed by atoms with Gasteiger partial charge in [-0.1, -0.05) is 12.8 Å². The summed E-state index contributed by atoms with van der Waals surface area (Å²) in [6, 6.07) is 0. The van der Waals surface area contributed by atoms with E-state index in [1.54, 1.807) is 0 Å². The average Bonchev–Trinajstić information content (AvgIpc) is 1.89. The van der Waals surface area contributed by atoms with Crippen molar-refractivity contribution in [3.63, 3.8) is 0 Å². The Hall–Kier alpha value is 0.580. The lowest BCUT2D eigenvalue weighted by Gasteiger charge is -1.94. The first-order chi connectivity index (χ1) is 4.41. The van der Waals surface area contributed by atoms with E-state index in [9.17, 15) is 0 Å². The standard InChI is InChI=1S/C7H13Cl2/c8-6-4-2-1-3-5-7-9/h2H,1,3-7H2. The first-order valence-corrected chi connectivity index (χ1v) is 4.42. The van der Waals surface area contributed by atoms with Gasteiger partial charge in [0.2, 0.25) is 0 Å². The lowest BCUT2D eigenvalue weighted by molar-refractivity contribution is 0.766. The van der Waals surface area contributed by atoms with Crippen LogP contribution in [0, 0.1) is 6.42 Å². The van der Waals surface area contributed by atoms with Crippen LogP contribution in [-0.4, -0.2) is 11.8 Å². The van der Waals surface area contributed by atoms with Crippen LogP contribution in [0.1, 0.15) is 25.7 Å². The Labute approximate surface area is 67.5 Å². The maximum absolute atomic E-state index is 5.47. The summed E-state index contributed by atoms with van der Waals surface area (Å²) in [5.41, 5.74) is 0. The molecule has 0 aliphatic carbocycles. The summed E-state index contributed by atoms with van der Waals surface area (Å²) < 4.78 is 0.